The summed E-state index contributed by atoms with van der Waals surface area (Å²) in [4.78, 5) is 12.1. The summed E-state index contributed by atoms with van der Waals surface area (Å²) in [6.07, 6.45) is 2.29. The number of rotatable bonds is 1. The molecule has 1 heterocycles. The highest BCUT2D eigenvalue weighted by Crippen LogP contribution is 2.32. The van der Waals surface area contributed by atoms with E-state index >= 15 is 0 Å². The van der Waals surface area contributed by atoms with Crippen LogP contribution in [0.5, 0.6) is 5.75 Å². The van der Waals surface area contributed by atoms with E-state index in [-0.39, 0.29) is 12.3 Å². The Morgan fingerprint density at radius 1 is 1.50 bits per heavy atom. The lowest BCUT2D eigenvalue weighted by Crippen LogP contribution is -2.29. The van der Waals surface area contributed by atoms with E-state index in [9.17, 15) is 14.3 Å². The maximum atomic E-state index is 12.8. The largest absolute Gasteiger partial charge is 0.507 e. The Morgan fingerprint density at radius 3 is 2.88 bits per heavy atom. The van der Waals surface area contributed by atoms with Crippen LogP contribution in [0.4, 0.5) is 9.18 Å². The minimum absolute atomic E-state index is 0.234. The Morgan fingerprint density at radius 2 is 2.25 bits per heavy atom. The molecule has 0 bridgehead atoms. The highest BCUT2D eigenvalue weighted by Gasteiger charge is 2.27. The standard InChI is InChI=1S/C11H10FNO3/c12-7-3-4-8(10(14)6-7)9-2-1-5-13(9)11(15)16/h1-4,6,9,14H,5H2,(H,15,16). The fraction of sp³-hybridized carbons (Fsp3) is 0.182. The van der Waals surface area contributed by atoms with Gasteiger partial charge in [0.15, 0.2) is 0 Å². The molecular weight excluding hydrogens is 213 g/mol. The van der Waals surface area contributed by atoms with Crippen molar-refractivity contribution in [2.45, 2.75) is 6.04 Å². The van der Waals surface area contributed by atoms with Crippen LogP contribution in [-0.4, -0.2) is 27.8 Å². The van der Waals surface area contributed by atoms with Crippen molar-refractivity contribution in [3.63, 3.8) is 0 Å². The van der Waals surface area contributed by atoms with Crippen molar-refractivity contribution in [3.8, 4) is 5.75 Å². The second kappa shape index (κ2) is 3.84. The van der Waals surface area contributed by atoms with Crippen LogP contribution in [0.1, 0.15) is 11.6 Å². The Balaban J connectivity index is 2.36. The van der Waals surface area contributed by atoms with Crippen molar-refractivity contribution in [2.75, 3.05) is 6.54 Å². The third-order valence-corrected chi connectivity index (χ3v) is 2.51. The molecule has 1 aromatic carbocycles. The van der Waals surface area contributed by atoms with Gasteiger partial charge >= 0.3 is 6.09 Å². The van der Waals surface area contributed by atoms with Crippen LogP contribution < -0.4 is 0 Å². The van der Waals surface area contributed by atoms with Crippen molar-refractivity contribution in [2.24, 2.45) is 0 Å². The minimum atomic E-state index is -1.07. The van der Waals surface area contributed by atoms with Crippen molar-refractivity contribution in [3.05, 3.63) is 41.7 Å². The summed E-state index contributed by atoms with van der Waals surface area (Å²) < 4.78 is 12.8. The fourth-order valence-electron chi connectivity index (χ4n) is 1.76. The first-order valence-corrected chi connectivity index (χ1v) is 4.74. The van der Waals surface area contributed by atoms with E-state index in [0.29, 0.717) is 5.56 Å². The predicted molar refractivity (Wildman–Crippen MR) is 54.7 cm³/mol. The van der Waals surface area contributed by atoms with Crippen LogP contribution in [0, 0.1) is 5.82 Å². The number of benzene rings is 1. The molecule has 0 spiro atoms. The van der Waals surface area contributed by atoms with Gasteiger partial charge in [0, 0.05) is 18.2 Å². The van der Waals surface area contributed by atoms with Crippen molar-refractivity contribution in [1.82, 2.24) is 4.90 Å². The van der Waals surface area contributed by atoms with Gasteiger partial charge in [-0.3, -0.25) is 4.90 Å². The average Bonchev–Trinajstić information content (AvgIpc) is 2.66. The molecule has 2 N–H and O–H groups in total. The molecule has 2 rings (SSSR count). The molecule has 0 saturated heterocycles. The Kier molecular flexibility index (Phi) is 2.52. The number of aromatic hydroxyl groups is 1. The molecule has 1 aliphatic rings. The highest BCUT2D eigenvalue weighted by molar-refractivity contribution is 5.67. The maximum Gasteiger partial charge on any atom is 0.408 e. The van der Waals surface area contributed by atoms with Gasteiger partial charge in [-0.15, -0.1) is 0 Å². The summed E-state index contributed by atoms with van der Waals surface area (Å²) in [6.45, 7) is 0.275. The molecule has 0 aromatic heterocycles. The number of hydrogen-bond acceptors (Lipinski definition) is 2. The first-order valence-electron chi connectivity index (χ1n) is 4.74. The van der Waals surface area contributed by atoms with Gasteiger partial charge in [0.2, 0.25) is 0 Å². The molecule has 1 unspecified atom stereocenters. The molecule has 84 valence electrons. The summed E-state index contributed by atoms with van der Waals surface area (Å²) in [5.41, 5.74) is 0.387. The number of phenols is 1. The van der Waals surface area contributed by atoms with Crippen LogP contribution in [0.3, 0.4) is 0 Å². The van der Waals surface area contributed by atoms with E-state index in [4.69, 9.17) is 5.11 Å². The monoisotopic (exact) mass is 223 g/mol. The minimum Gasteiger partial charge on any atom is -0.507 e. The topological polar surface area (TPSA) is 60.8 Å². The molecule has 1 aliphatic heterocycles. The van der Waals surface area contributed by atoms with Gasteiger partial charge in [0.1, 0.15) is 11.6 Å². The first-order chi connectivity index (χ1) is 7.59. The van der Waals surface area contributed by atoms with Crippen molar-refractivity contribution >= 4 is 6.09 Å². The SMILES string of the molecule is O=C(O)N1CC=CC1c1ccc(F)cc1O. The van der Waals surface area contributed by atoms with E-state index in [0.717, 1.165) is 11.0 Å². The molecule has 0 radical (unpaired) electrons. The van der Waals surface area contributed by atoms with Gasteiger partial charge in [-0.1, -0.05) is 18.2 Å². The van der Waals surface area contributed by atoms with Crippen LogP contribution in [0.25, 0.3) is 0 Å². The quantitative estimate of drug-likeness (QED) is 0.717. The Labute approximate surface area is 91.2 Å². The zero-order valence-electron chi connectivity index (χ0n) is 8.30. The van der Waals surface area contributed by atoms with Gasteiger partial charge in [-0.05, 0) is 6.07 Å². The lowest BCUT2D eigenvalue weighted by molar-refractivity contribution is 0.143. The van der Waals surface area contributed by atoms with Gasteiger partial charge in [0.25, 0.3) is 0 Å². The zero-order chi connectivity index (χ0) is 11.7. The number of hydrogen-bond donors (Lipinski definition) is 2. The molecule has 1 aromatic rings. The lowest BCUT2D eigenvalue weighted by Gasteiger charge is -2.22. The number of carboxylic acid groups (broad SMARTS) is 1. The second-order valence-corrected chi connectivity index (χ2v) is 3.51. The van der Waals surface area contributed by atoms with E-state index in [1.165, 1.54) is 12.1 Å². The molecule has 0 aliphatic carbocycles. The maximum absolute atomic E-state index is 12.8. The predicted octanol–water partition coefficient (Wildman–Crippen LogP) is 2.12. The molecule has 1 amide bonds. The molecule has 4 nitrogen and oxygen atoms in total. The Hall–Kier alpha value is -2.04. The summed E-state index contributed by atoms with van der Waals surface area (Å²) in [7, 11) is 0. The molecule has 0 saturated carbocycles. The second-order valence-electron chi connectivity index (χ2n) is 3.51. The first kappa shape index (κ1) is 10.5. The summed E-state index contributed by atoms with van der Waals surface area (Å²) in [5, 5.41) is 18.5. The highest BCUT2D eigenvalue weighted by atomic mass is 19.1. The van der Waals surface area contributed by atoms with Crippen molar-refractivity contribution < 1.29 is 19.4 Å². The van der Waals surface area contributed by atoms with Gasteiger partial charge in [-0.25, -0.2) is 9.18 Å². The smallest absolute Gasteiger partial charge is 0.408 e. The van der Waals surface area contributed by atoms with Crippen LogP contribution >= 0.6 is 0 Å². The number of carbonyl (C=O) groups is 1. The molecular formula is C11H10FNO3. The van der Waals surface area contributed by atoms with Gasteiger partial charge in [-0.2, -0.15) is 0 Å². The van der Waals surface area contributed by atoms with Crippen molar-refractivity contribution in [1.29, 1.82) is 0 Å². The van der Waals surface area contributed by atoms with Crippen LogP contribution in [0.15, 0.2) is 30.4 Å². The average molecular weight is 223 g/mol. The number of phenolic OH excluding ortho intramolecular Hbond substituents is 1. The zero-order valence-corrected chi connectivity index (χ0v) is 8.30. The third kappa shape index (κ3) is 1.71. The number of halogens is 1. The normalized spacial score (nSPS) is 19.1. The van der Waals surface area contributed by atoms with E-state index in [1.807, 2.05) is 0 Å². The van der Waals surface area contributed by atoms with E-state index < -0.39 is 18.0 Å². The molecule has 1 atom stereocenters. The lowest BCUT2D eigenvalue weighted by atomic mass is 10.1. The summed E-state index contributed by atoms with van der Waals surface area (Å²) >= 11 is 0. The van der Waals surface area contributed by atoms with Gasteiger partial charge < -0.3 is 10.2 Å². The molecule has 16 heavy (non-hydrogen) atoms. The Bertz CT molecular complexity index is 459. The number of amides is 1. The summed E-state index contributed by atoms with van der Waals surface area (Å²) in [5.74, 6) is -0.784. The van der Waals surface area contributed by atoms with E-state index in [1.54, 1.807) is 12.2 Å². The van der Waals surface area contributed by atoms with E-state index in [2.05, 4.69) is 0 Å². The van der Waals surface area contributed by atoms with Crippen LogP contribution in [-0.2, 0) is 0 Å². The fourth-order valence-corrected chi connectivity index (χ4v) is 1.76. The molecule has 5 heteroatoms. The molecule has 0 fully saturated rings. The van der Waals surface area contributed by atoms with Crippen LogP contribution in [0.2, 0.25) is 0 Å². The number of nitrogens with zero attached hydrogens (tertiary/aromatic N) is 1. The summed E-state index contributed by atoms with van der Waals surface area (Å²) in [6, 6.07) is 3.02. The third-order valence-electron chi connectivity index (χ3n) is 2.51. The van der Waals surface area contributed by atoms with Gasteiger partial charge in [0.05, 0.1) is 6.04 Å².